The van der Waals surface area contributed by atoms with Crippen LogP contribution in [0.2, 0.25) is 0 Å². The van der Waals surface area contributed by atoms with Crippen LogP contribution in [0.3, 0.4) is 0 Å². The second-order valence-corrected chi connectivity index (χ2v) is 7.45. The van der Waals surface area contributed by atoms with Gasteiger partial charge in [0, 0.05) is 42.4 Å². The third kappa shape index (κ3) is 2.58. The molecule has 0 spiro atoms. The van der Waals surface area contributed by atoms with Crippen LogP contribution < -0.4 is 5.32 Å². The first-order valence-electron chi connectivity index (χ1n) is 9.17. The number of nitrogens with zero attached hydrogens (tertiary/aromatic N) is 4. The van der Waals surface area contributed by atoms with Gasteiger partial charge in [-0.05, 0) is 38.7 Å². The van der Waals surface area contributed by atoms with Crippen molar-refractivity contribution in [3.8, 4) is 0 Å². The number of pyridine rings is 1. The van der Waals surface area contributed by atoms with E-state index in [9.17, 15) is 4.79 Å². The van der Waals surface area contributed by atoms with Crippen LogP contribution in [0.15, 0.2) is 16.8 Å². The van der Waals surface area contributed by atoms with Crippen LogP contribution in [-0.4, -0.2) is 25.8 Å². The molecule has 0 unspecified atom stereocenters. The van der Waals surface area contributed by atoms with Crippen molar-refractivity contribution in [2.75, 3.05) is 0 Å². The molecule has 7 heteroatoms. The Bertz CT molecular complexity index is 1010. The second kappa shape index (κ2) is 5.65. The van der Waals surface area contributed by atoms with Crippen molar-refractivity contribution < 1.29 is 9.32 Å². The van der Waals surface area contributed by atoms with E-state index >= 15 is 0 Å². The fourth-order valence-electron chi connectivity index (χ4n) is 3.38. The van der Waals surface area contributed by atoms with Crippen LogP contribution in [0.1, 0.15) is 70.5 Å². The number of amides is 1. The molecule has 0 atom stereocenters. The number of hydrogen-bond donors (Lipinski definition) is 1. The third-order valence-corrected chi connectivity index (χ3v) is 5.47. The average molecular weight is 351 g/mol. The summed E-state index contributed by atoms with van der Waals surface area (Å²) in [6.07, 6.45) is 6.24. The van der Waals surface area contributed by atoms with Gasteiger partial charge in [0.2, 0.25) is 0 Å². The normalized spacial score (nSPS) is 17.0. The number of fused-ring (bicyclic) bond motifs is 1. The average Bonchev–Trinajstić information content (AvgIpc) is 3.57. The smallest absolute Gasteiger partial charge is 0.259 e. The van der Waals surface area contributed by atoms with E-state index in [1.54, 1.807) is 6.20 Å². The van der Waals surface area contributed by atoms with Crippen molar-refractivity contribution >= 4 is 17.0 Å². The van der Waals surface area contributed by atoms with Crippen LogP contribution in [0, 0.1) is 6.92 Å². The van der Waals surface area contributed by atoms with Gasteiger partial charge >= 0.3 is 0 Å². The quantitative estimate of drug-likeness (QED) is 0.764. The van der Waals surface area contributed by atoms with Crippen molar-refractivity contribution in [1.29, 1.82) is 0 Å². The number of carbonyl (C=O) groups is 1. The molecule has 5 rings (SSSR count). The van der Waals surface area contributed by atoms with Crippen molar-refractivity contribution in [1.82, 2.24) is 25.2 Å². The van der Waals surface area contributed by atoms with Gasteiger partial charge in [-0.1, -0.05) is 5.16 Å². The highest BCUT2D eigenvalue weighted by molar-refractivity contribution is 6.06. The zero-order chi connectivity index (χ0) is 17.8. The molecule has 1 amide bonds. The summed E-state index contributed by atoms with van der Waals surface area (Å²) in [5, 5.41) is 12.3. The zero-order valence-electron chi connectivity index (χ0n) is 15.0. The number of hydrogen-bond acceptors (Lipinski definition) is 5. The first kappa shape index (κ1) is 15.5. The van der Waals surface area contributed by atoms with Crippen molar-refractivity contribution in [3.63, 3.8) is 0 Å². The molecular weight excluding hydrogens is 330 g/mol. The SMILES string of the molecule is Cc1c(CNC(=O)c2cc(C3CC3)nc3onc(C4CC4)c23)cnn1C. The van der Waals surface area contributed by atoms with Crippen molar-refractivity contribution in [2.45, 2.75) is 51.0 Å². The topological polar surface area (TPSA) is 85.8 Å². The lowest BCUT2D eigenvalue weighted by Crippen LogP contribution is -2.23. The lowest BCUT2D eigenvalue weighted by atomic mass is 10.0. The van der Waals surface area contributed by atoms with Gasteiger partial charge in [0.05, 0.1) is 22.8 Å². The molecule has 3 aromatic heterocycles. The van der Waals surface area contributed by atoms with E-state index < -0.39 is 0 Å². The number of rotatable bonds is 5. The summed E-state index contributed by atoms with van der Waals surface area (Å²) in [7, 11) is 1.90. The largest absolute Gasteiger partial charge is 0.348 e. The molecule has 134 valence electrons. The van der Waals surface area contributed by atoms with Gasteiger partial charge in [0.25, 0.3) is 11.6 Å². The molecule has 1 N–H and O–H groups in total. The lowest BCUT2D eigenvalue weighted by molar-refractivity contribution is 0.0952. The maximum Gasteiger partial charge on any atom is 0.259 e. The van der Waals surface area contributed by atoms with Gasteiger partial charge in [-0.15, -0.1) is 0 Å². The fraction of sp³-hybridized carbons (Fsp3) is 0.474. The maximum absolute atomic E-state index is 13.0. The first-order valence-corrected chi connectivity index (χ1v) is 9.17. The van der Waals surface area contributed by atoms with E-state index in [4.69, 9.17) is 4.52 Å². The summed E-state index contributed by atoms with van der Waals surface area (Å²) in [6, 6.07) is 1.94. The molecule has 2 aliphatic rings. The van der Waals surface area contributed by atoms with E-state index in [2.05, 4.69) is 20.6 Å². The number of aryl methyl sites for hydroxylation is 1. The van der Waals surface area contributed by atoms with E-state index in [0.29, 0.717) is 29.7 Å². The Kier molecular flexibility index (Phi) is 3.38. The predicted octanol–water partition coefficient (Wildman–Crippen LogP) is 2.95. The fourth-order valence-corrected chi connectivity index (χ4v) is 3.38. The molecule has 2 fully saturated rings. The Morgan fingerprint density at radius 1 is 1.31 bits per heavy atom. The first-order chi connectivity index (χ1) is 12.6. The molecule has 0 aromatic carbocycles. The number of aromatic nitrogens is 4. The highest BCUT2D eigenvalue weighted by atomic mass is 16.5. The van der Waals surface area contributed by atoms with Gasteiger partial charge in [0.15, 0.2) is 0 Å². The Hall–Kier alpha value is -2.70. The van der Waals surface area contributed by atoms with Crippen LogP contribution in [0.4, 0.5) is 0 Å². The molecule has 2 aliphatic carbocycles. The second-order valence-electron chi connectivity index (χ2n) is 7.45. The van der Waals surface area contributed by atoms with E-state index in [1.165, 1.54) is 0 Å². The minimum absolute atomic E-state index is 0.104. The Labute approximate surface area is 150 Å². The Balaban J connectivity index is 1.50. The van der Waals surface area contributed by atoms with Gasteiger partial charge < -0.3 is 9.84 Å². The minimum atomic E-state index is -0.104. The molecule has 0 aliphatic heterocycles. The lowest BCUT2D eigenvalue weighted by Gasteiger charge is -2.08. The van der Waals surface area contributed by atoms with E-state index in [-0.39, 0.29) is 5.91 Å². The third-order valence-electron chi connectivity index (χ3n) is 5.47. The molecule has 3 aromatic rings. The Morgan fingerprint density at radius 2 is 2.08 bits per heavy atom. The van der Waals surface area contributed by atoms with Crippen molar-refractivity contribution in [2.24, 2.45) is 7.05 Å². The van der Waals surface area contributed by atoms with Gasteiger partial charge in [-0.2, -0.15) is 5.10 Å². The molecule has 7 nitrogen and oxygen atoms in total. The van der Waals surface area contributed by atoms with E-state index in [0.717, 1.165) is 53.7 Å². The highest BCUT2D eigenvalue weighted by Crippen LogP contribution is 2.45. The molecular formula is C19H21N5O2. The number of carbonyl (C=O) groups excluding carboxylic acids is 1. The van der Waals surface area contributed by atoms with Gasteiger partial charge in [0.1, 0.15) is 0 Å². The minimum Gasteiger partial charge on any atom is -0.348 e. The summed E-state index contributed by atoms with van der Waals surface area (Å²) >= 11 is 0. The van der Waals surface area contributed by atoms with Gasteiger partial charge in [-0.25, -0.2) is 4.98 Å². The monoisotopic (exact) mass is 351 g/mol. The molecule has 0 bridgehead atoms. The number of nitrogens with one attached hydrogen (secondary N) is 1. The molecule has 0 radical (unpaired) electrons. The zero-order valence-corrected chi connectivity index (χ0v) is 15.0. The van der Waals surface area contributed by atoms with E-state index in [1.807, 2.05) is 24.7 Å². The van der Waals surface area contributed by atoms with Crippen LogP contribution in [-0.2, 0) is 13.6 Å². The highest BCUT2D eigenvalue weighted by Gasteiger charge is 2.34. The standard InChI is InChI=1S/C19H21N5O2/c1-10-13(9-21-24(10)2)8-20-18(25)14-7-15(11-3-4-11)22-19-16(14)17(23-26-19)12-5-6-12/h7,9,11-12H,3-6,8H2,1-2H3,(H,20,25). The van der Waals surface area contributed by atoms with Gasteiger partial charge in [-0.3, -0.25) is 9.48 Å². The van der Waals surface area contributed by atoms with Crippen LogP contribution in [0.5, 0.6) is 0 Å². The van der Waals surface area contributed by atoms with Crippen LogP contribution in [0.25, 0.3) is 11.1 Å². The molecule has 2 saturated carbocycles. The summed E-state index contributed by atoms with van der Waals surface area (Å²) in [6.45, 7) is 2.45. The molecule has 3 heterocycles. The summed E-state index contributed by atoms with van der Waals surface area (Å²) in [5.41, 5.74) is 5.03. The van der Waals surface area contributed by atoms with Crippen LogP contribution >= 0.6 is 0 Å². The predicted molar refractivity (Wildman–Crippen MR) is 94.9 cm³/mol. The maximum atomic E-state index is 13.0. The molecule has 26 heavy (non-hydrogen) atoms. The van der Waals surface area contributed by atoms with Crippen molar-refractivity contribution in [3.05, 3.63) is 40.5 Å². The summed E-state index contributed by atoms with van der Waals surface area (Å²) in [4.78, 5) is 17.6. The summed E-state index contributed by atoms with van der Waals surface area (Å²) < 4.78 is 7.30. The Morgan fingerprint density at radius 3 is 2.73 bits per heavy atom. The molecule has 0 saturated heterocycles. The summed E-state index contributed by atoms with van der Waals surface area (Å²) in [5.74, 6) is 0.741.